The van der Waals surface area contributed by atoms with Crippen molar-refractivity contribution < 1.29 is 31.5 Å². The molecule has 0 aromatic carbocycles. The van der Waals surface area contributed by atoms with E-state index in [9.17, 15) is 26.8 Å². The Labute approximate surface area is 139 Å². The van der Waals surface area contributed by atoms with Gasteiger partial charge in [-0.2, -0.15) is 0 Å². The lowest BCUT2D eigenvalue weighted by atomic mass is 10.2. The van der Waals surface area contributed by atoms with Gasteiger partial charge in [-0.15, -0.1) is 0 Å². The molecule has 0 spiro atoms. The fraction of sp³-hybridized carbons (Fsp3) is 0.857. The van der Waals surface area contributed by atoms with Crippen LogP contribution >= 0.6 is 0 Å². The molecular weight excluding hydrogens is 346 g/mol. The van der Waals surface area contributed by atoms with Crippen LogP contribution in [0.15, 0.2) is 0 Å². The molecule has 0 radical (unpaired) electrons. The van der Waals surface area contributed by atoms with Gasteiger partial charge < -0.3 is 10.1 Å². The Balaban J connectivity index is 2.14. The van der Waals surface area contributed by atoms with E-state index in [2.05, 4.69) is 5.32 Å². The topological polar surface area (TPSA) is 102 Å². The predicted molar refractivity (Wildman–Crippen MR) is 80.9 cm³/mol. The third-order valence-corrected chi connectivity index (χ3v) is 6.44. The minimum Gasteiger partial charge on any atom is -0.444 e. The normalized spacial score (nSPS) is 28.2. The lowest BCUT2D eigenvalue weighted by Crippen LogP contribution is -2.54. The lowest BCUT2D eigenvalue weighted by molar-refractivity contribution is -0.123. The fourth-order valence-corrected chi connectivity index (χ4v) is 3.63. The summed E-state index contributed by atoms with van der Waals surface area (Å²) in [6.45, 7) is 6.20. The van der Waals surface area contributed by atoms with Crippen LogP contribution in [0.4, 0.5) is 13.6 Å². The van der Waals surface area contributed by atoms with E-state index in [0.717, 1.165) is 0 Å². The van der Waals surface area contributed by atoms with E-state index in [0.29, 0.717) is 12.8 Å². The number of alkyl carbamates (subject to hydrolysis) is 1. The first-order chi connectivity index (χ1) is 10.7. The molecule has 2 unspecified atom stereocenters. The van der Waals surface area contributed by atoms with Crippen LogP contribution in [0.5, 0.6) is 0 Å². The Morgan fingerprint density at radius 3 is 2.17 bits per heavy atom. The second-order valence-electron chi connectivity index (χ2n) is 7.63. The van der Waals surface area contributed by atoms with E-state index in [4.69, 9.17) is 4.74 Å². The number of carbonyl (C=O) groups excluding carboxylic acids is 2. The second kappa shape index (κ2) is 5.53. The highest BCUT2D eigenvalue weighted by Gasteiger charge is 2.67. The Morgan fingerprint density at radius 2 is 1.79 bits per heavy atom. The molecule has 24 heavy (non-hydrogen) atoms. The molecule has 2 aliphatic carbocycles. The van der Waals surface area contributed by atoms with Gasteiger partial charge in [-0.3, -0.25) is 9.52 Å². The van der Waals surface area contributed by atoms with Crippen LogP contribution in [0.1, 0.15) is 47.0 Å². The third kappa shape index (κ3) is 3.62. The van der Waals surface area contributed by atoms with Gasteiger partial charge in [0, 0.05) is 0 Å². The minimum absolute atomic E-state index is 0.345. The zero-order valence-corrected chi connectivity index (χ0v) is 14.8. The van der Waals surface area contributed by atoms with Gasteiger partial charge in [-0.1, -0.05) is 0 Å². The molecule has 2 atom stereocenters. The van der Waals surface area contributed by atoms with Gasteiger partial charge in [-0.05, 0) is 47.0 Å². The number of carbonyl (C=O) groups is 2. The smallest absolute Gasteiger partial charge is 0.408 e. The van der Waals surface area contributed by atoms with Crippen molar-refractivity contribution in [3.05, 3.63) is 0 Å². The molecule has 10 heteroatoms. The molecule has 0 aromatic heterocycles. The van der Waals surface area contributed by atoms with Crippen LogP contribution in [-0.2, 0) is 19.6 Å². The van der Waals surface area contributed by atoms with Gasteiger partial charge in [0.25, 0.3) is 5.91 Å². The molecule has 0 aliphatic heterocycles. The van der Waals surface area contributed by atoms with Crippen LogP contribution in [0, 0.1) is 5.92 Å². The molecule has 2 fully saturated rings. The molecule has 2 saturated carbocycles. The van der Waals surface area contributed by atoms with Crippen molar-refractivity contribution in [1.82, 2.24) is 10.0 Å². The maximum atomic E-state index is 13.0. The summed E-state index contributed by atoms with van der Waals surface area (Å²) in [5, 5.41) is 2.13. The monoisotopic (exact) mass is 368 g/mol. The SMILES string of the molecule is CC(C)(C)OC(=O)NC1(C(=O)NS(=O)(=O)C2(C)CC2)CC1C(F)F. The average molecular weight is 368 g/mol. The van der Waals surface area contributed by atoms with Gasteiger partial charge in [0.2, 0.25) is 16.4 Å². The molecule has 0 saturated heterocycles. The molecule has 2 amide bonds. The first kappa shape index (κ1) is 18.9. The summed E-state index contributed by atoms with van der Waals surface area (Å²) in [7, 11) is -3.99. The first-order valence-corrected chi connectivity index (χ1v) is 9.07. The maximum Gasteiger partial charge on any atom is 0.408 e. The Kier molecular flexibility index (Phi) is 4.35. The van der Waals surface area contributed by atoms with E-state index >= 15 is 0 Å². The van der Waals surface area contributed by atoms with Crippen molar-refractivity contribution in [2.45, 2.75) is 69.3 Å². The molecule has 0 aromatic rings. The van der Waals surface area contributed by atoms with Crippen LogP contribution in [0.3, 0.4) is 0 Å². The minimum atomic E-state index is -3.99. The Bertz CT molecular complexity index is 655. The van der Waals surface area contributed by atoms with Crippen LogP contribution in [0.25, 0.3) is 0 Å². The fourth-order valence-electron chi connectivity index (χ4n) is 2.32. The molecule has 0 bridgehead atoms. The van der Waals surface area contributed by atoms with E-state index in [1.807, 2.05) is 4.72 Å². The molecule has 2 rings (SSSR count). The standard InChI is InChI=1S/C14H22F2N2O5S/c1-12(2,3)23-11(20)17-14(7-8(14)9(15)16)10(19)18-24(21,22)13(4)5-6-13/h8-9H,5-7H2,1-4H3,(H,17,20)(H,18,19). The van der Waals surface area contributed by atoms with Crippen molar-refractivity contribution in [1.29, 1.82) is 0 Å². The summed E-state index contributed by atoms with van der Waals surface area (Å²) >= 11 is 0. The highest BCUT2D eigenvalue weighted by Crippen LogP contribution is 2.49. The molecule has 7 nitrogen and oxygen atoms in total. The quantitative estimate of drug-likeness (QED) is 0.766. The van der Waals surface area contributed by atoms with E-state index in [-0.39, 0.29) is 6.42 Å². The molecule has 2 aliphatic rings. The summed E-state index contributed by atoms with van der Waals surface area (Å²) in [6.07, 6.45) is -3.48. The van der Waals surface area contributed by atoms with Gasteiger partial charge in [0.05, 0.1) is 10.7 Å². The third-order valence-electron chi connectivity index (χ3n) is 4.28. The summed E-state index contributed by atoms with van der Waals surface area (Å²) in [5.41, 5.74) is -2.85. The van der Waals surface area contributed by atoms with Crippen LogP contribution in [0.2, 0.25) is 0 Å². The first-order valence-electron chi connectivity index (χ1n) is 7.59. The summed E-state index contributed by atoms with van der Waals surface area (Å²) in [5.74, 6) is -2.60. The molecule has 0 heterocycles. The largest absolute Gasteiger partial charge is 0.444 e. The number of amides is 2. The summed E-state index contributed by atoms with van der Waals surface area (Å²) in [6, 6.07) is 0. The van der Waals surface area contributed by atoms with Gasteiger partial charge >= 0.3 is 6.09 Å². The van der Waals surface area contributed by atoms with Crippen molar-refractivity contribution in [2.24, 2.45) is 5.92 Å². The zero-order chi connectivity index (χ0) is 18.6. The van der Waals surface area contributed by atoms with Crippen molar-refractivity contribution in [3.63, 3.8) is 0 Å². The highest BCUT2D eigenvalue weighted by atomic mass is 32.2. The number of rotatable bonds is 5. The van der Waals surface area contributed by atoms with Crippen LogP contribution in [-0.4, -0.2) is 42.7 Å². The average Bonchev–Trinajstić information content (AvgIpc) is 3.23. The Morgan fingerprint density at radius 1 is 1.25 bits per heavy atom. The van der Waals surface area contributed by atoms with Gasteiger partial charge in [0.1, 0.15) is 11.1 Å². The maximum absolute atomic E-state index is 13.0. The molecule has 138 valence electrons. The number of sulfonamides is 1. The van der Waals surface area contributed by atoms with Crippen molar-refractivity contribution >= 4 is 22.0 Å². The summed E-state index contributed by atoms with van der Waals surface area (Å²) in [4.78, 5) is 24.2. The van der Waals surface area contributed by atoms with Crippen LogP contribution < -0.4 is 10.0 Å². The van der Waals surface area contributed by atoms with E-state index in [1.165, 1.54) is 6.92 Å². The van der Waals surface area contributed by atoms with E-state index < -0.39 is 50.3 Å². The highest BCUT2D eigenvalue weighted by molar-refractivity contribution is 7.91. The number of nitrogens with one attached hydrogen (secondary N) is 2. The number of halogens is 2. The second-order valence-corrected chi connectivity index (χ2v) is 9.82. The molecule has 2 N–H and O–H groups in total. The Hall–Kier alpha value is -1.45. The number of ether oxygens (including phenoxy) is 1. The summed E-state index contributed by atoms with van der Waals surface area (Å²) < 4.78 is 56.1. The van der Waals surface area contributed by atoms with Gasteiger partial charge in [0.15, 0.2) is 0 Å². The van der Waals surface area contributed by atoms with E-state index in [1.54, 1.807) is 20.8 Å². The predicted octanol–water partition coefficient (Wildman–Crippen LogP) is 1.53. The lowest BCUT2D eigenvalue weighted by Gasteiger charge is -2.24. The van der Waals surface area contributed by atoms with Crippen molar-refractivity contribution in [3.8, 4) is 0 Å². The van der Waals surface area contributed by atoms with Crippen molar-refractivity contribution in [2.75, 3.05) is 0 Å². The molecular formula is C14H22F2N2O5S. The number of hydrogen-bond acceptors (Lipinski definition) is 5. The zero-order valence-electron chi connectivity index (χ0n) is 14.0. The van der Waals surface area contributed by atoms with Gasteiger partial charge in [-0.25, -0.2) is 22.0 Å². The number of hydrogen-bond donors (Lipinski definition) is 2. The number of alkyl halides is 2.